The van der Waals surface area contributed by atoms with Gasteiger partial charge in [0.05, 0.1) is 23.5 Å². The summed E-state index contributed by atoms with van der Waals surface area (Å²) in [4.78, 5) is 20.6. The minimum Gasteiger partial charge on any atom is -0.444 e. The van der Waals surface area contributed by atoms with E-state index in [0.717, 1.165) is 38.2 Å². The number of hydrogen-bond acceptors (Lipinski definition) is 5. The van der Waals surface area contributed by atoms with Crippen molar-refractivity contribution in [3.8, 4) is 0 Å². The number of halogens is 2. The summed E-state index contributed by atoms with van der Waals surface area (Å²) < 4.78 is 6.83. The average Bonchev–Trinajstić information content (AvgIpc) is 2.65. The number of nitrogens with two attached hydrogens (primary N) is 1. The van der Waals surface area contributed by atoms with Gasteiger partial charge in [-0.05, 0) is 104 Å². The highest BCUT2D eigenvalue weighted by Gasteiger charge is 2.21. The van der Waals surface area contributed by atoms with Crippen molar-refractivity contribution in [2.24, 2.45) is 5.73 Å². The highest BCUT2D eigenvalue weighted by atomic mass is 79.9. The molecule has 2 aromatic rings. The molecular formula is C25H34Br2N4O2. The summed E-state index contributed by atoms with van der Waals surface area (Å²) in [6.45, 7) is 17.1. The summed E-state index contributed by atoms with van der Waals surface area (Å²) in [7, 11) is 0. The Bertz CT molecular complexity index is 957. The van der Waals surface area contributed by atoms with Gasteiger partial charge in [-0.25, -0.2) is 14.8 Å². The van der Waals surface area contributed by atoms with E-state index < -0.39 is 11.7 Å². The quantitative estimate of drug-likeness (QED) is 0.267. The van der Waals surface area contributed by atoms with E-state index in [1.165, 1.54) is 0 Å². The summed E-state index contributed by atoms with van der Waals surface area (Å²) in [6.07, 6.45) is 0.942. The number of hydrogen-bond donors (Lipinski definition) is 2. The first-order valence-corrected chi connectivity index (χ1v) is 12.1. The third-order valence-corrected chi connectivity index (χ3v) is 4.91. The first kappa shape index (κ1) is 29.0. The van der Waals surface area contributed by atoms with Crippen LogP contribution in [0.15, 0.2) is 69.9 Å². The molecule has 0 spiro atoms. The molecule has 33 heavy (non-hydrogen) atoms. The van der Waals surface area contributed by atoms with Crippen LogP contribution in [0.5, 0.6) is 0 Å². The minimum atomic E-state index is -0.525. The second-order valence-electron chi connectivity index (χ2n) is 8.90. The molecule has 0 bridgehead atoms. The van der Waals surface area contributed by atoms with Gasteiger partial charge in [0.15, 0.2) is 0 Å². The van der Waals surface area contributed by atoms with Crippen LogP contribution in [0.1, 0.15) is 70.9 Å². The van der Waals surface area contributed by atoms with E-state index in [0.29, 0.717) is 6.42 Å². The van der Waals surface area contributed by atoms with E-state index in [1.54, 1.807) is 0 Å². The lowest BCUT2D eigenvalue weighted by Crippen LogP contribution is -2.35. The Balaban J connectivity index is 0.000000361. The van der Waals surface area contributed by atoms with Gasteiger partial charge in [0.2, 0.25) is 0 Å². The van der Waals surface area contributed by atoms with E-state index in [4.69, 9.17) is 10.5 Å². The molecule has 1 amide bonds. The Kier molecular flexibility index (Phi) is 12.0. The van der Waals surface area contributed by atoms with Crippen molar-refractivity contribution in [1.29, 1.82) is 0 Å². The predicted octanol–water partition coefficient (Wildman–Crippen LogP) is 7.19. The van der Waals surface area contributed by atoms with Crippen LogP contribution in [0.4, 0.5) is 4.79 Å². The summed E-state index contributed by atoms with van der Waals surface area (Å²) >= 11 is 6.64. The van der Waals surface area contributed by atoms with Crippen LogP contribution < -0.4 is 11.1 Å². The van der Waals surface area contributed by atoms with Gasteiger partial charge in [-0.15, -0.1) is 13.2 Å². The number of carbonyl (C=O) groups excluding carboxylic acids is 1. The molecule has 2 heterocycles. The first-order chi connectivity index (χ1) is 15.3. The Morgan fingerprint density at radius 1 is 1.00 bits per heavy atom. The Morgan fingerprint density at radius 3 is 1.94 bits per heavy atom. The minimum absolute atomic E-state index is 0.0463. The van der Waals surface area contributed by atoms with Crippen molar-refractivity contribution in [3.05, 3.63) is 81.3 Å². The zero-order chi connectivity index (χ0) is 25.2. The molecule has 0 aliphatic heterocycles. The van der Waals surface area contributed by atoms with Crippen LogP contribution in [0.2, 0.25) is 0 Å². The third kappa shape index (κ3) is 12.7. The van der Waals surface area contributed by atoms with E-state index in [2.05, 4.69) is 60.3 Å². The van der Waals surface area contributed by atoms with Gasteiger partial charge in [0.1, 0.15) is 14.8 Å². The number of pyridine rings is 2. The zero-order valence-corrected chi connectivity index (χ0v) is 23.2. The summed E-state index contributed by atoms with van der Waals surface area (Å²) in [5.74, 6) is 0. The smallest absolute Gasteiger partial charge is 0.408 e. The number of amides is 1. The van der Waals surface area contributed by atoms with Crippen molar-refractivity contribution in [3.63, 3.8) is 0 Å². The lowest BCUT2D eigenvalue weighted by Gasteiger charge is -2.23. The molecule has 2 aromatic heterocycles. The Morgan fingerprint density at radius 2 is 1.48 bits per heavy atom. The van der Waals surface area contributed by atoms with Gasteiger partial charge in [-0.1, -0.05) is 23.3 Å². The van der Waals surface area contributed by atoms with Crippen molar-refractivity contribution in [1.82, 2.24) is 15.3 Å². The normalized spacial score (nSPS) is 12.6. The van der Waals surface area contributed by atoms with E-state index in [9.17, 15) is 4.79 Å². The summed E-state index contributed by atoms with van der Waals surface area (Å²) in [5, 5.41) is 2.84. The van der Waals surface area contributed by atoms with Gasteiger partial charge in [0.25, 0.3) is 0 Å². The van der Waals surface area contributed by atoms with Crippen LogP contribution in [0.25, 0.3) is 0 Å². The highest BCUT2D eigenvalue weighted by Crippen LogP contribution is 2.21. The molecule has 0 aliphatic carbocycles. The number of nitrogens with one attached hydrogen (secondary N) is 1. The van der Waals surface area contributed by atoms with Gasteiger partial charge in [0, 0.05) is 0 Å². The van der Waals surface area contributed by atoms with Gasteiger partial charge in [-0.3, -0.25) is 0 Å². The van der Waals surface area contributed by atoms with Gasteiger partial charge in [-0.2, -0.15) is 0 Å². The molecule has 8 heteroatoms. The molecule has 2 rings (SSSR count). The standard InChI is InChI=1S/C15H21BrN2O2.C10H13BrN2/c1-10(2)9-12(11-7-6-8-13(16)17-11)18-14(19)20-15(3,4)5;1-7(2)6-8(12)9-4-3-5-10(11)13-9/h6-8,12H,1,9H2,2-5H3,(H,18,19);3-5,8H,1,6,12H2,2H3/t12-;8-/m00/s1. The monoisotopic (exact) mass is 580 g/mol. The molecule has 180 valence electrons. The Hall–Kier alpha value is -2.03. The van der Waals surface area contributed by atoms with E-state index in [-0.39, 0.29) is 12.1 Å². The van der Waals surface area contributed by atoms with Crippen LogP contribution >= 0.6 is 31.9 Å². The number of rotatable bonds is 7. The largest absolute Gasteiger partial charge is 0.444 e. The molecule has 0 saturated carbocycles. The molecule has 0 unspecified atom stereocenters. The average molecular weight is 582 g/mol. The third-order valence-electron chi connectivity index (χ3n) is 4.02. The van der Waals surface area contributed by atoms with E-state index >= 15 is 0 Å². The molecule has 3 N–H and O–H groups in total. The number of aromatic nitrogens is 2. The maximum atomic E-state index is 11.9. The molecule has 6 nitrogen and oxygen atoms in total. The maximum absolute atomic E-state index is 11.9. The van der Waals surface area contributed by atoms with Gasteiger partial charge < -0.3 is 15.8 Å². The fraction of sp³-hybridized carbons (Fsp3) is 0.400. The van der Waals surface area contributed by atoms with Crippen molar-refractivity contribution < 1.29 is 9.53 Å². The molecule has 0 aromatic carbocycles. The topological polar surface area (TPSA) is 90.1 Å². The number of nitrogens with zero attached hydrogens (tertiary/aromatic N) is 2. The van der Waals surface area contributed by atoms with Crippen LogP contribution in [-0.4, -0.2) is 21.7 Å². The van der Waals surface area contributed by atoms with Crippen molar-refractivity contribution in [2.45, 2.75) is 65.1 Å². The number of ether oxygens (including phenoxy) is 1. The van der Waals surface area contributed by atoms with Crippen LogP contribution in [-0.2, 0) is 4.74 Å². The first-order valence-electron chi connectivity index (χ1n) is 10.6. The fourth-order valence-corrected chi connectivity index (χ4v) is 3.47. The SMILES string of the molecule is C=C(C)C[C@H](N)c1cccc(Br)n1.C=C(C)C[C@H](NC(=O)OC(C)(C)C)c1cccc(Br)n1. The predicted molar refractivity (Wildman–Crippen MR) is 142 cm³/mol. The molecule has 0 radical (unpaired) electrons. The maximum Gasteiger partial charge on any atom is 0.408 e. The fourth-order valence-electron chi connectivity index (χ4n) is 2.76. The Labute approximate surface area is 214 Å². The second kappa shape index (κ2) is 13.6. The highest BCUT2D eigenvalue weighted by molar-refractivity contribution is 9.10. The number of alkyl carbamates (subject to hydrolysis) is 1. The lowest BCUT2D eigenvalue weighted by molar-refractivity contribution is 0.0502. The zero-order valence-electron chi connectivity index (χ0n) is 20.0. The molecule has 0 fully saturated rings. The van der Waals surface area contributed by atoms with Crippen molar-refractivity contribution >= 4 is 38.0 Å². The summed E-state index contributed by atoms with van der Waals surface area (Å²) in [5.41, 5.74) is 9.11. The van der Waals surface area contributed by atoms with Gasteiger partial charge >= 0.3 is 6.09 Å². The second-order valence-corrected chi connectivity index (χ2v) is 10.5. The lowest BCUT2D eigenvalue weighted by atomic mass is 10.1. The molecule has 0 aliphatic rings. The molecule has 0 saturated heterocycles. The molecular weight excluding hydrogens is 548 g/mol. The van der Waals surface area contributed by atoms with Crippen molar-refractivity contribution in [2.75, 3.05) is 0 Å². The molecule has 2 atom stereocenters. The van der Waals surface area contributed by atoms with E-state index in [1.807, 2.05) is 71.0 Å². The van der Waals surface area contributed by atoms with Crippen LogP contribution in [0, 0.1) is 0 Å². The number of carbonyl (C=O) groups is 1. The summed E-state index contributed by atoms with van der Waals surface area (Å²) in [6, 6.07) is 11.0. The van der Waals surface area contributed by atoms with Crippen LogP contribution in [0.3, 0.4) is 0 Å².